The maximum atomic E-state index is 12.2. The number of nitrogens with zero attached hydrogens (tertiary/aromatic N) is 1. The van der Waals surface area contributed by atoms with Crippen LogP contribution < -0.4 is 5.11 Å². The van der Waals surface area contributed by atoms with E-state index in [1.807, 2.05) is 24.3 Å². The van der Waals surface area contributed by atoms with Crippen LogP contribution in [0.1, 0.15) is 24.5 Å². The topological polar surface area (TPSA) is 60.4 Å². The van der Waals surface area contributed by atoms with E-state index in [1.54, 1.807) is 6.08 Å². The Morgan fingerprint density at radius 2 is 2.05 bits per heavy atom. The van der Waals surface area contributed by atoms with Gasteiger partial charge in [0, 0.05) is 18.9 Å². The van der Waals surface area contributed by atoms with Gasteiger partial charge in [0.2, 0.25) is 0 Å². The number of carboxylic acids is 1. The van der Waals surface area contributed by atoms with Crippen LogP contribution in [0.15, 0.2) is 29.2 Å². The second kappa shape index (κ2) is 6.87. The highest BCUT2D eigenvalue weighted by atomic mass is 32.2. The van der Waals surface area contributed by atoms with Gasteiger partial charge in [-0.15, -0.1) is 0 Å². The molecule has 1 amide bonds. The smallest absolute Gasteiger partial charge is 0.266 e. The van der Waals surface area contributed by atoms with Gasteiger partial charge in [-0.3, -0.25) is 9.69 Å². The molecule has 0 saturated carbocycles. The number of amides is 1. The largest absolute Gasteiger partial charge is 0.550 e. The minimum absolute atomic E-state index is 0.0547. The molecule has 1 aromatic rings. The molecule has 1 aromatic carbocycles. The molecule has 6 heteroatoms. The minimum atomic E-state index is -1.19. The van der Waals surface area contributed by atoms with Crippen molar-refractivity contribution in [2.24, 2.45) is 0 Å². The van der Waals surface area contributed by atoms with Crippen molar-refractivity contribution >= 4 is 46.3 Å². The number of thioether (sulfide) groups is 1. The molecule has 0 unspecified atom stereocenters. The monoisotopic (exact) mass is 320 g/mol. The van der Waals surface area contributed by atoms with Crippen molar-refractivity contribution < 1.29 is 14.7 Å². The van der Waals surface area contributed by atoms with Gasteiger partial charge in [0.15, 0.2) is 0 Å². The van der Waals surface area contributed by atoms with Crippen molar-refractivity contribution in [1.82, 2.24) is 4.90 Å². The second-order valence-corrected chi connectivity index (χ2v) is 6.23. The zero-order chi connectivity index (χ0) is 15.4. The number of aryl methyl sites for hydroxylation is 1. The predicted octanol–water partition coefficient (Wildman–Crippen LogP) is 1.59. The Hall–Kier alpha value is -1.66. The summed E-state index contributed by atoms with van der Waals surface area (Å²) >= 11 is 6.31. The Bertz CT molecular complexity index is 608. The zero-order valence-corrected chi connectivity index (χ0v) is 13.1. The lowest BCUT2D eigenvalue weighted by atomic mass is 10.1. The lowest BCUT2D eigenvalue weighted by molar-refractivity contribution is -0.305. The van der Waals surface area contributed by atoms with Crippen LogP contribution in [-0.4, -0.2) is 27.6 Å². The first kappa shape index (κ1) is 15.7. The van der Waals surface area contributed by atoms with Gasteiger partial charge in [0.1, 0.15) is 4.32 Å². The summed E-state index contributed by atoms with van der Waals surface area (Å²) in [6.07, 6.45) is 2.52. The number of rotatable bonds is 5. The summed E-state index contributed by atoms with van der Waals surface area (Å²) < 4.78 is 0.387. The highest BCUT2D eigenvalue weighted by molar-refractivity contribution is 8.26. The van der Waals surface area contributed by atoms with Gasteiger partial charge >= 0.3 is 0 Å². The summed E-state index contributed by atoms with van der Waals surface area (Å²) in [6, 6.07) is 7.93. The lowest BCUT2D eigenvalue weighted by Crippen LogP contribution is -2.33. The van der Waals surface area contributed by atoms with E-state index in [4.69, 9.17) is 12.2 Å². The van der Waals surface area contributed by atoms with Gasteiger partial charge in [-0.2, -0.15) is 0 Å². The van der Waals surface area contributed by atoms with Crippen LogP contribution in [-0.2, 0) is 16.0 Å². The maximum absolute atomic E-state index is 12.2. The lowest BCUT2D eigenvalue weighted by Gasteiger charge is -2.14. The van der Waals surface area contributed by atoms with Crippen LogP contribution in [0.2, 0.25) is 0 Å². The minimum Gasteiger partial charge on any atom is -0.550 e. The third-order valence-corrected chi connectivity index (χ3v) is 4.48. The number of hydrogen-bond donors (Lipinski definition) is 0. The second-order valence-electron chi connectivity index (χ2n) is 4.55. The molecule has 1 aliphatic rings. The normalized spacial score (nSPS) is 16.8. The van der Waals surface area contributed by atoms with Crippen molar-refractivity contribution in [3.8, 4) is 0 Å². The fourth-order valence-corrected chi connectivity index (χ4v) is 3.21. The number of hydrogen-bond acceptors (Lipinski definition) is 5. The van der Waals surface area contributed by atoms with Crippen molar-refractivity contribution in [2.45, 2.75) is 19.8 Å². The van der Waals surface area contributed by atoms with Crippen molar-refractivity contribution in [3.63, 3.8) is 0 Å². The summed E-state index contributed by atoms with van der Waals surface area (Å²) in [6.45, 7) is 2.14. The quantitative estimate of drug-likeness (QED) is 0.609. The highest BCUT2D eigenvalue weighted by Gasteiger charge is 2.31. The van der Waals surface area contributed by atoms with E-state index in [9.17, 15) is 14.7 Å². The van der Waals surface area contributed by atoms with E-state index in [-0.39, 0.29) is 18.9 Å². The average Bonchev–Trinajstić information content (AvgIpc) is 2.72. The molecule has 0 atom stereocenters. The molecular formula is C15H14NO3S2-. The molecule has 0 N–H and O–H groups in total. The van der Waals surface area contributed by atoms with Crippen LogP contribution in [0, 0.1) is 0 Å². The van der Waals surface area contributed by atoms with Gasteiger partial charge < -0.3 is 9.90 Å². The fraction of sp³-hybridized carbons (Fsp3) is 0.267. The molecule has 2 rings (SSSR count). The Morgan fingerprint density at radius 3 is 2.62 bits per heavy atom. The molecule has 0 aliphatic carbocycles. The molecule has 0 spiro atoms. The summed E-state index contributed by atoms with van der Waals surface area (Å²) in [4.78, 5) is 24.5. The van der Waals surface area contributed by atoms with E-state index in [0.29, 0.717) is 9.23 Å². The Morgan fingerprint density at radius 1 is 1.38 bits per heavy atom. The molecule has 0 radical (unpaired) electrons. The van der Waals surface area contributed by atoms with E-state index in [0.717, 1.165) is 12.0 Å². The molecule has 1 fully saturated rings. The highest BCUT2D eigenvalue weighted by Crippen LogP contribution is 2.32. The summed E-state index contributed by atoms with van der Waals surface area (Å²) in [5.74, 6) is -1.44. The molecule has 0 aromatic heterocycles. The summed E-state index contributed by atoms with van der Waals surface area (Å²) in [5.41, 5.74) is 2.15. The third-order valence-electron chi connectivity index (χ3n) is 3.10. The van der Waals surface area contributed by atoms with Crippen molar-refractivity contribution in [3.05, 3.63) is 40.3 Å². The number of carbonyl (C=O) groups excluding carboxylic acids is 2. The molecule has 110 valence electrons. The first-order valence-electron chi connectivity index (χ1n) is 6.55. The Balaban J connectivity index is 2.13. The first-order chi connectivity index (χ1) is 10.0. The van der Waals surface area contributed by atoms with Gasteiger partial charge in [-0.05, 0) is 23.6 Å². The SMILES string of the molecule is CCc1ccc(/C=C2\SC(=S)N(CCC(=O)[O-])C2=O)cc1. The molecule has 0 bridgehead atoms. The average molecular weight is 320 g/mol. The van der Waals surface area contributed by atoms with Crippen LogP contribution in [0.3, 0.4) is 0 Å². The number of benzene rings is 1. The molecular weight excluding hydrogens is 306 g/mol. The molecule has 1 saturated heterocycles. The van der Waals surface area contributed by atoms with Crippen LogP contribution in [0.4, 0.5) is 0 Å². The van der Waals surface area contributed by atoms with E-state index < -0.39 is 5.97 Å². The fourth-order valence-electron chi connectivity index (χ4n) is 1.90. The van der Waals surface area contributed by atoms with Crippen LogP contribution in [0.25, 0.3) is 6.08 Å². The van der Waals surface area contributed by atoms with Gasteiger partial charge in [-0.1, -0.05) is 55.2 Å². The molecule has 1 heterocycles. The first-order valence-corrected chi connectivity index (χ1v) is 7.78. The van der Waals surface area contributed by atoms with Gasteiger partial charge in [0.25, 0.3) is 5.91 Å². The van der Waals surface area contributed by atoms with E-state index in [2.05, 4.69) is 6.92 Å². The van der Waals surface area contributed by atoms with Crippen molar-refractivity contribution in [2.75, 3.05) is 6.54 Å². The number of carbonyl (C=O) groups is 2. The van der Waals surface area contributed by atoms with Crippen LogP contribution in [0.5, 0.6) is 0 Å². The van der Waals surface area contributed by atoms with E-state index in [1.165, 1.54) is 22.2 Å². The zero-order valence-electron chi connectivity index (χ0n) is 11.5. The number of thiocarbonyl (C=S) groups is 1. The number of carboxylic acid groups (broad SMARTS) is 1. The molecule has 1 aliphatic heterocycles. The number of aliphatic carboxylic acids is 1. The standard InChI is InChI=1S/C15H15NO3S2/c1-2-10-3-5-11(6-4-10)9-12-14(19)16(15(20)21-12)8-7-13(17)18/h3-6,9H,2,7-8H2,1H3,(H,17,18)/p-1/b12-9-. The predicted molar refractivity (Wildman–Crippen MR) is 85.3 cm³/mol. The van der Waals surface area contributed by atoms with Crippen LogP contribution >= 0.6 is 24.0 Å². The van der Waals surface area contributed by atoms with Gasteiger partial charge in [-0.25, -0.2) is 0 Å². The third kappa shape index (κ3) is 3.92. The summed E-state index contributed by atoms with van der Waals surface area (Å²) in [5, 5.41) is 10.5. The maximum Gasteiger partial charge on any atom is 0.266 e. The molecule has 4 nitrogen and oxygen atoms in total. The Kier molecular flexibility index (Phi) is 5.14. The van der Waals surface area contributed by atoms with E-state index >= 15 is 0 Å². The molecule has 21 heavy (non-hydrogen) atoms. The Labute approximate surface area is 132 Å². The summed E-state index contributed by atoms with van der Waals surface area (Å²) in [7, 11) is 0. The van der Waals surface area contributed by atoms with Crippen molar-refractivity contribution in [1.29, 1.82) is 0 Å². The van der Waals surface area contributed by atoms with Gasteiger partial charge in [0.05, 0.1) is 4.91 Å².